The monoisotopic (exact) mass is 2100 g/mol. The molecule has 5 amide bonds. The first kappa shape index (κ1) is 106. The molecule has 0 aliphatic heterocycles. The summed E-state index contributed by atoms with van der Waals surface area (Å²) in [5.41, 5.74) is 13.3. The molecule has 15 aromatic rings. The minimum atomic E-state index is -1.14. The van der Waals surface area contributed by atoms with E-state index in [1.807, 2.05) is 137 Å². The number of nitrogens with one attached hydrogen (secondary N) is 5. The summed E-state index contributed by atoms with van der Waals surface area (Å²) in [4.78, 5) is 122. The molecule has 10 aromatic carbocycles. The zero-order valence-corrected chi connectivity index (χ0v) is 83.9. The third-order valence-electron chi connectivity index (χ3n) is 20.9. The highest BCUT2D eigenvalue weighted by molar-refractivity contribution is 7.16. The van der Waals surface area contributed by atoms with E-state index in [4.69, 9.17) is 97.5 Å². The molecule has 0 fully saturated rings. The fraction of sp³-hybridized carbons (Fsp3) is 0.135. The Morgan fingerprint density at radius 3 is 0.957 bits per heavy atom. The SMILES string of the molecule is COc1cccc(CC(=O)Nc2scc(-c3ccc(Cl)c(Cl)c3)c2C(=O)O)c1.Cc1ccc(C(C(=O)Nc2scc(-c3ccc(Cl)c(Cl)c3)c2C(=O)O)C(C)C)cc1.Cc1cccc(CCC(=O)Nc2scc(-c3ccc(Cl)cc3)c2C(=O)O)c1.O=C(CCc1ccccc1)Nc1scc(-c2ccc(Cl)c(Cl)c2)c1C(=O)O.O=C(CCc1ccccc1)Nc1scc(-c2ccc(Cl)cc2)c1C(=O)O. The zero-order valence-electron chi connectivity index (χ0n) is 73.8. The Morgan fingerprint density at radius 2 is 0.623 bits per heavy atom. The van der Waals surface area contributed by atoms with E-state index in [1.54, 1.807) is 161 Å². The van der Waals surface area contributed by atoms with Crippen LogP contribution >= 0.6 is 149 Å². The highest BCUT2D eigenvalue weighted by Crippen LogP contribution is 2.44. The van der Waals surface area contributed by atoms with Gasteiger partial charge in [-0.05, 0) is 167 Å². The Morgan fingerprint density at radius 1 is 0.312 bits per heavy atom. The van der Waals surface area contributed by atoms with Gasteiger partial charge < -0.3 is 56.9 Å². The van der Waals surface area contributed by atoms with Crippen LogP contribution in [0.2, 0.25) is 40.2 Å². The van der Waals surface area contributed by atoms with Crippen LogP contribution in [0.1, 0.15) is 130 Å². The van der Waals surface area contributed by atoms with Gasteiger partial charge in [-0.15, -0.1) is 56.7 Å². The number of carbonyl (C=O) groups is 10. The summed E-state index contributed by atoms with van der Waals surface area (Å²) in [6.07, 6.45) is 2.73. The third-order valence-corrected chi connectivity index (χ3v) is 28.0. The summed E-state index contributed by atoms with van der Waals surface area (Å²) in [7, 11) is 1.55. The maximum Gasteiger partial charge on any atom is 0.339 e. The van der Waals surface area contributed by atoms with E-state index in [1.165, 1.54) is 45.3 Å². The zero-order chi connectivity index (χ0) is 99.6. The van der Waals surface area contributed by atoms with Gasteiger partial charge in [-0.1, -0.05) is 282 Å². The van der Waals surface area contributed by atoms with Crippen molar-refractivity contribution in [2.75, 3.05) is 33.7 Å². The molecule has 15 rings (SSSR count). The predicted octanol–water partition coefficient (Wildman–Crippen LogP) is 29.7. The molecule has 5 heterocycles. The second-order valence-electron chi connectivity index (χ2n) is 31.0. The lowest BCUT2D eigenvalue weighted by Gasteiger charge is -2.21. The number of thiophene rings is 5. The number of carbonyl (C=O) groups excluding carboxylic acids is 5. The highest BCUT2D eigenvalue weighted by atomic mass is 35.5. The van der Waals surface area contributed by atoms with Crippen LogP contribution < -0.4 is 31.3 Å². The summed E-state index contributed by atoms with van der Waals surface area (Å²) >= 11 is 53.7. The van der Waals surface area contributed by atoms with E-state index in [9.17, 15) is 73.5 Å². The summed E-state index contributed by atoms with van der Waals surface area (Å²) < 4.78 is 5.15. The molecule has 0 aliphatic rings. The number of carboxylic acid groups (broad SMARTS) is 5. The molecule has 0 saturated carbocycles. The molecule has 0 radical (unpaired) electrons. The lowest BCUT2D eigenvalue weighted by Crippen LogP contribution is -2.25. The minimum Gasteiger partial charge on any atom is -0.497 e. The van der Waals surface area contributed by atoms with Crippen LogP contribution in [-0.4, -0.2) is 92.0 Å². The van der Waals surface area contributed by atoms with Crippen molar-refractivity contribution in [1.82, 2.24) is 0 Å². The number of hydrogen-bond acceptors (Lipinski definition) is 16. The second-order valence-corrected chi connectivity index (χ2v) is 38.7. The number of aryl methyl sites for hydroxylation is 5. The first-order chi connectivity index (χ1) is 66.0. The van der Waals surface area contributed by atoms with E-state index in [-0.39, 0.29) is 94.0 Å². The number of aromatic carboxylic acids is 5. The van der Waals surface area contributed by atoms with Gasteiger partial charge in [0.05, 0.1) is 49.6 Å². The molecule has 138 heavy (non-hydrogen) atoms. The van der Waals surface area contributed by atoms with Crippen molar-refractivity contribution in [1.29, 1.82) is 0 Å². The minimum absolute atomic E-state index is 0.0161. The maximum absolute atomic E-state index is 13.1. The number of carboxylic acids is 5. The van der Waals surface area contributed by atoms with Crippen LogP contribution in [0, 0.1) is 19.8 Å². The average Bonchev–Trinajstić information content (AvgIpc) is 1.65. The number of ether oxygens (including phenoxy) is 1. The van der Waals surface area contributed by atoms with Crippen molar-refractivity contribution >= 4 is 234 Å². The molecule has 0 bridgehead atoms. The average molecular weight is 2100 g/mol. The first-order valence-corrected chi connectivity index (χ1v) is 49.4. The second kappa shape index (κ2) is 50.7. The molecule has 0 saturated heterocycles. The van der Waals surface area contributed by atoms with Crippen LogP contribution in [-0.2, 0) is 49.7 Å². The van der Waals surface area contributed by atoms with Crippen LogP contribution in [0.15, 0.2) is 263 Å². The Hall–Kier alpha value is -12.5. The first-order valence-electron chi connectivity index (χ1n) is 42.0. The summed E-state index contributed by atoms with van der Waals surface area (Å²) in [5.74, 6) is -6.44. The van der Waals surface area contributed by atoms with Crippen molar-refractivity contribution in [2.45, 2.75) is 78.6 Å². The molecule has 0 spiro atoms. The number of methoxy groups -OCH3 is 1. The molecule has 21 nitrogen and oxygen atoms in total. The predicted molar refractivity (Wildman–Crippen MR) is 561 cm³/mol. The van der Waals surface area contributed by atoms with Crippen molar-refractivity contribution < 1.29 is 78.2 Å². The van der Waals surface area contributed by atoms with E-state index >= 15 is 0 Å². The van der Waals surface area contributed by atoms with Gasteiger partial charge in [0.15, 0.2) is 0 Å². The van der Waals surface area contributed by atoms with Crippen LogP contribution in [0.5, 0.6) is 5.75 Å². The topological polar surface area (TPSA) is 341 Å². The lowest BCUT2D eigenvalue weighted by atomic mass is 9.87. The molecule has 10 N–H and O–H groups in total. The Labute approximate surface area is 854 Å². The molecule has 34 heteroatoms. The third kappa shape index (κ3) is 29.5. The lowest BCUT2D eigenvalue weighted by molar-refractivity contribution is -0.119. The van der Waals surface area contributed by atoms with Gasteiger partial charge in [0.1, 0.15) is 58.6 Å². The summed E-state index contributed by atoms with van der Waals surface area (Å²) in [5, 5.41) is 75.5. The molecule has 1 atom stereocenters. The fourth-order valence-corrected chi connectivity index (χ4v) is 20.1. The van der Waals surface area contributed by atoms with Gasteiger partial charge in [0.2, 0.25) is 29.5 Å². The van der Waals surface area contributed by atoms with E-state index in [0.29, 0.717) is 130 Å². The summed E-state index contributed by atoms with van der Waals surface area (Å²) in [6, 6.07) is 70.9. The number of halogens is 8. The van der Waals surface area contributed by atoms with Crippen molar-refractivity contribution in [3.05, 3.63) is 370 Å². The Bertz CT molecular complexity index is 6930. The summed E-state index contributed by atoms with van der Waals surface area (Å²) in [6.45, 7) is 7.94. The smallest absolute Gasteiger partial charge is 0.339 e. The molecular weight excluding hydrogens is 2020 g/mol. The van der Waals surface area contributed by atoms with Gasteiger partial charge in [0, 0.05) is 84.0 Å². The number of rotatable bonds is 30. The van der Waals surface area contributed by atoms with Crippen molar-refractivity contribution in [3.8, 4) is 61.4 Å². The van der Waals surface area contributed by atoms with E-state index in [2.05, 4.69) is 26.6 Å². The largest absolute Gasteiger partial charge is 0.497 e. The number of anilines is 5. The Balaban J connectivity index is 0.000000165. The quantitative estimate of drug-likeness (QED) is 0.0200. The van der Waals surface area contributed by atoms with Gasteiger partial charge in [-0.25, -0.2) is 24.0 Å². The van der Waals surface area contributed by atoms with Gasteiger partial charge in [-0.3, -0.25) is 24.0 Å². The van der Waals surface area contributed by atoms with E-state index < -0.39 is 35.8 Å². The fourth-order valence-electron chi connectivity index (χ4n) is 14.1. The van der Waals surface area contributed by atoms with E-state index in [0.717, 1.165) is 61.4 Å². The standard InChI is InChI=1S/C23H21Cl2NO3S.C21H18ClNO3S.C20H15Cl2NO4S.C20H15Cl2NO3S.C20H16ClNO3S/c1-12(2)19(14-6-4-13(3)5-7-14)21(27)26-22-20(23(28)29)16(11-30-22)15-8-9-17(24)18(25)10-15;1-13-3-2-4-14(11-13)5-10-18(24)23-20-19(21(25)26)17(12-27-20)15-6-8-16(22)9-7-15;1-27-13-4-2-3-11(7-13)8-17(24)23-19-18(20(25)26)14(10-28-19)12-5-6-15(21)16(22)9-12;21-15-8-7-13(10-16(15)22)14-11-27-19(18(14)20(25)26)23-17(24)9-6-12-4-2-1-3-5-12;21-15-9-7-14(8-10-15)16-12-26-19(18(16)20(24)25)22-17(23)11-6-13-4-2-1-3-5-13/h4-12,19H,1-3H3,(H,26,27)(H,28,29);2-4,6-9,11-12H,5,10H2,1H3,(H,23,24)(H,25,26);2-7,9-10H,8H2,1H3,(H,23,24)(H,25,26);1-5,7-8,10-11H,6,9H2,(H,23,24)(H,25,26);1-5,7-10,12H,6,11H2,(H,22,23)(H,24,25). The van der Waals surface area contributed by atoms with Crippen LogP contribution in [0.25, 0.3) is 55.6 Å². The number of hydrogen-bond donors (Lipinski definition) is 10. The molecule has 5 aromatic heterocycles. The molecule has 0 aliphatic carbocycles. The number of benzene rings is 10. The maximum atomic E-state index is 13.1. The van der Waals surface area contributed by atoms with Gasteiger partial charge in [-0.2, -0.15) is 0 Å². The number of amides is 5. The van der Waals surface area contributed by atoms with Gasteiger partial charge in [0.25, 0.3) is 0 Å². The molecular formula is C104H85Cl8N5O16S5. The Kier molecular flexibility index (Phi) is 39.0. The molecule has 1 unspecified atom stereocenters. The van der Waals surface area contributed by atoms with Gasteiger partial charge >= 0.3 is 29.8 Å². The normalized spacial score (nSPS) is 10.9. The van der Waals surface area contributed by atoms with Crippen LogP contribution in [0.3, 0.4) is 0 Å². The molecule has 708 valence electrons. The van der Waals surface area contributed by atoms with Crippen molar-refractivity contribution in [2.24, 2.45) is 5.92 Å². The highest BCUT2D eigenvalue weighted by Gasteiger charge is 2.31. The van der Waals surface area contributed by atoms with Crippen LogP contribution in [0.4, 0.5) is 25.0 Å². The van der Waals surface area contributed by atoms with Crippen molar-refractivity contribution in [3.63, 3.8) is 0 Å².